The van der Waals surface area contributed by atoms with Crippen LogP contribution >= 0.6 is 11.8 Å². The Morgan fingerprint density at radius 3 is 2.43 bits per heavy atom. The van der Waals surface area contributed by atoms with Crippen LogP contribution in [0.3, 0.4) is 0 Å². The molecule has 1 atom stereocenters. The predicted octanol–water partition coefficient (Wildman–Crippen LogP) is 3.06. The minimum atomic E-state index is -0.386. The van der Waals surface area contributed by atoms with Gasteiger partial charge in [-0.1, -0.05) is 11.8 Å². The standard InChI is InChI=1S/C20H18N4O5S/c1-11(19(25)21-13-4-6-15-17(8-13)29-10-27-15)30-20-23-22-18(24(20)2)12-3-5-14-16(7-12)28-9-26-14/h3-8,11H,9-10H2,1-2H3,(H,21,25)/t11-/m0/s1. The summed E-state index contributed by atoms with van der Waals surface area (Å²) in [7, 11) is 1.87. The molecule has 1 aromatic heterocycles. The summed E-state index contributed by atoms with van der Waals surface area (Å²) in [5.74, 6) is 3.22. The average molecular weight is 426 g/mol. The molecular weight excluding hydrogens is 408 g/mol. The van der Waals surface area contributed by atoms with Gasteiger partial charge in [0.05, 0.1) is 5.25 Å². The minimum absolute atomic E-state index is 0.147. The Kier molecular flexibility index (Phi) is 4.62. The Hall–Kier alpha value is -3.40. The number of hydrogen-bond acceptors (Lipinski definition) is 8. The van der Waals surface area contributed by atoms with Crippen LogP contribution in [0.2, 0.25) is 0 Å². The molecule has 0 saturated heterocycles. The monoisotopic (exact) mass is 426 g/mol. The molecule has 0 spiro atoms. The molecule has 2 aliphatic rings. The van der Waals surface area contributed by atoms with Gasteiger partial charge in [0.15, 0.2) is 34.0 Å². The molecule has 1 N–H and O–H groups in total. The lowest BCUT2D eigenvalue weighted by molar-refractivity contribution is -0.115. The first-order valence-corrected chi connectivity index (χ1v) is 10.1. The molecule has 0 radical (unpaired) electrons. The Bertz CT molecular complexity index is 1130. The fourth-order valence-electron chi connectivity index (χ4n) is 3.13. The van der Waals surface area contributed by atoms with E-state index in [0.717, 1.165) is 5.56 Å². The maximum Gasteiger partial charge on any atom is 0.237 e. The largest absolute Gasteiger partial charge is 0.454 e. The van der Waals surface area contributed by atoms with Crippen LogP contribution < -0.4 is 24.3 Å². The molecule has 0 fully saturated rings. The third kappa shape index (κ3) is 3.39. The molecule has 0 aliphatic carbocycles. The summed E-state index contributed by atoms with van der Waals surface area (Å²) < 4.78 is 23.3. The normalized spacial score (nSPS) is 14.6. The average Bonchev–Trinajstić information content (AvgIpc) is 3.47. The molecule has 3 aromatic rings. The van der Waals surface area contributed by atoms with Gasteiger partial charge in [0, 0.05) is 24.4 Å². The van der Waals surface area contributed by atoms with Gasteiger partial charge in [-0.15, -0.1) is 10.2 Å². The number of ether oxygens (including phenoxy) is 4. The quantitative estimate of drug-likeness (QED) is 0.622. The topological polar surface area (TPSA) is 96.7 Å². The zero-order valence-corrected chi connectivity index (χ0v) is 17.1. The minimum Gasteiger partial charge on any atom is -0.454 e. The summed E-state index contributed by atoms with van der Waals surface area (Å²) in [4.78, 5) is 12.6. The molecule has 10 heteroatoms. The van der Waals surface area contributed by atoms with Gasteiger partial charge in [-0.05, 0) is 37.3 Å². The molecule has 3 heterocycles. The van der Waals surface area contributed by atoms with Gasteiger partial charge in [-0.25, -0.2) is 0 Å². The van der Waals surface area contributed by atoms with E-state index in [4.69, 9.17) is 18.9 Å². The number of rotatable bonds is 5. The van der Waals surface area contributed by atoms with E-state index in [2.05, 4.69) is 15.5 Å². The summed E-state index contributed by atoms with van der Waals surface area (Å²) in [6.07, 6.45) is 0. The number of amides is 1. The van der Waals surface area contributed by atoms with E-state index in [0.29, 0.717) is 39.7 Å². The van der Waals surface area contributed by atoms with E-state index in [-0.39, 0.29) is 24.7 Å². The van der Waals surface area contributed by atoms with Crippen molar-refractivity contribution in [1.82, 2.24) is 14.8 Å². The van der Waals surface area contributed by atoms with Gasteiger partial charge < -0.3 is 28.8 Å². The molecule has 30 heavy (non-hydrogen) atoms. The molecule has 0 unspecified atom stereocenters. The number of thioether (sulfide) groups is 1. The van der Waals surface area contributed by atoms with Crippen molar-refractivity contribution in [2.24, 2.45) is 7.05 Å². The lowest BCUT2D eigenvalue weighted by atomic mass is 10.2. The van der Waals surface area contributed by atoms with Crippen molar-refractivity contribution in [1.29, 1.82) is 0 Å². The van der Waals surface area contributed by atoms with Gasteiger partial charge in [0.1, 0.15) is 0 Å². The maximum atomic E-state index is 12.6. The third-order valence-electron chi connectivity index (χ3n) is 4.76. The molecule has 0 saturated carbocycles. The number of carbonyl (C=O) groups is 1. The van der Waals surface area contributed by atoms with Crippen LogP contribution in [-0.2, 0) is 11.8 Å². The van der Waals surface area contributed by atoms with E-state index < -0.39 is 0 Å². The van der Waals surface area contributed by atoms with Crippen LogP contribution in [0.4, 0.5) is 5.69 Å². The second-order valence-electron chi connectivity index (χ2n) is 6.75. The van der Waals surface area contributed by atoms with Crippen LogP contribution in [-0.4, -0.2) is 39.5 Å². The van der Waals surface area contributed by atoms with Crippen molar-refractivity contribution in [2.75, 3.05) is 18.9 Å². The van der Waals surface area contributed by atoms with E-state index in [1.165, 1.54) is 11.8 Å². The van der Waals surface area contributed by atoms with Crippen LogP contribution in [0.1, 0.15) is 6.92 Å². The van der Waals surface area contributed by atoms with E-state index in [1.54, 1.807) is 18.2 Å². The Balaban J connectivity index is 1.28. The molecule has 1 amide bonds. The number of carbonyl (C=O) groups excluding carboxylic acids is 1. The lowest BCUT2D eigenvalue weighted by Crippen LogP contribution is -2.22. The summed E-state index contributed by atoms with van der Waals surface area (Å²) in [5, 5.41) is 11.7. The second kappa shape index (κ2) is 7.45. The highest BCUT2D eigenvalue weighted by molar-refractivity contribution is 8.00. The molecule has 9 nitrogen and oxygen atoms in total. The van der Waals surface area contributed by atoms with Crippen LogP contribution in [0.25, 0.3) is 11.4 Å². The summed E-state index contributed by atoms with van der Waals surface area (Å²) in [6.45, 7) is 2.23. The summed E-state index contributed by atoms with van der Waals surface area (Å²) in [6, 6.07) is 10.9. The highest BCUT2D eigenvalue weighted by Gasteiger charge is 2.22. The van der Waals surface area contributed by atoms with E-state index >= 15 is 0 Å². The summed E-state index contributed by atoms with van der Waals surface area (Å²) in [5.41, 5.74) is 1.51. The zero-order valence-electron chi connectivity index (χ0n) is 16.2. The first kappa shape index (κ1) is 18.6. The summed E-state index contributed by atoms with van der Waals surface area (Å²) >= 11 is 1.33. The Labute approximate surface area is 176 Å². The van der Waals surface area contributed by atoms with Crippen LogP contribution in [0.15, 0.2) is 41.6 Å². The molecule has 154 valence electrons. The lowest BCUT2D eigenvalue weighted by Gasteiger charge is -2.12. The second-order valence-corrected chi connectivity index (χ2v) is 8.06. The zero-order chi connectivity index (χ0) is 20.7. The number of nitrogens with zero attached hydrogens (tertiary/aromatic N) is 3. The van der Waals surface area contributed by atoms with Crippen molar-refractivity contribution >= 4 is 23.4 Å². The molecule has 5 rings (SSSR count). The molecular formula is C20H18N4O5S. The maximum absolute atomic E-state index is 12.6. The Morgan fingerprint density at radius 2 is 1.67 bits per heavy atom. The highest BCUT2D eigenvalue weighted by atomic mass is 32.2. The number of anilines is 1. The number of nitrogens with one attached hydrogen (secondary N) is 1. The van der Waals surface area contributed by atoms with E-state index in [9.17, 15) is 4.79 Å². The number of hydrogen-bond donors (Lipinski definition) is 1. The predicted molar refractivity (Wildman–Crippen MR) is 109 cm³/mol. The molecule has 2 aromatic carbocycles. The van der Waals surface area contributed by atoms with E-state index in [1.807, 2.05) is 36.7 Å². The van der Waals surface area contributed by atoms with Crippen molar-refractivity contribution in [3.05, 3.63) is 36.4 Å². The SMILES string of the molecule is C[C@H](Sc1nnc(-c2ccc3c(c2)OCO3)n1C)C(=O)Nc1ccc2c(c1)OCO2. The van der Waals surface area contributed by atoms with Crippen LogP contribution in [0, 0.1) is 0 Å². The van der Waals surface area contributed by atoms with Gasteiger partial charge in [0.2, 0.25) is 19.5 Å². The number of fused-ring (bicyclic) bond motifs is 2. The van der Waals surface area contributed by atoms with Gasteiger partial charge in [-0.3, -0.25) is 4.79 Å². The smallest absolute Gasteiger partial charge is 0.237 e. The van der Waals surface area contributed by atoms with Gasteiger partial charge >= 0.3 is 0 Å². The van der Waals surface area contributed by atoms with Crippen molar-refractivity contribution in [2.45, 2.75) is 17.3 Å². The molecule has 2 aliphatic heterocycles. The van der Waals surface area contributed by atoms with Crippen LogP contribution in [0.5, 0.6) is 23.0 Å². The van der Waals surface area contributed by atoms with Gasteiger partial charge in [-0.2, -0.15) is 0 Å². The first-order chi connectivity index (χ1) is 14.6. The van der Waals surface area contributed by atoms with Gasteiger partial charge in [0.25, 0.3) is 0 Å². The number of benzene rings is 2. The number of aromatic nitrogens is 3. The molecule has 0 bridgehead atoms. The third-order valence-corrected chi connectivity index (χ3v) is 5.89. The Morgan fingerprint density at radius 1 is 1.00 bits per heavy atom. The first-order valence-electron chi connectivity index (χ1n) is 9.25. The van der Waals surface area contributed by atoms with Crippen molar-refractivity contribution < 1.29 is 23.7 Å². The van der Waals surface area contributed by atoms with Crippen molar-refractivity contribution in [3.8, 4) is 34.4 Å². The highest BCUT2D eigenvalue weighted by Crippen LogP contribution is 2.37. The van der Waals surface area contributed by atoms with Crippen molar-refractivity contribution in [3.63, 3.8) is 0 Å². The fraction of sp³-hybridized carbons (Fsp3) is 0.250. The fourth-order valence-corrected chi connectivity index (χ4v) is 3.95.